The van der Waals surface area contributed by atoms with E-state index < -0.39 is 17.3 Å². The topological polar surface area (TPSA) is 93.9 Å². The fourth-order valence-corrected chi connectivity index (χ4v) is 2.89. The van der Waals surface area contributed by atoms with Gasteiger partial charge in [0.2, 0.25) is 11.8 Å². The fraction of sp³-hybridized carbons (Fsp3) is 0.389. The van der Waals surface area contributed by atoms with E-state index in [0.717, 1.165) is 0 Å². The van der Waals surface area contributed by atoms with Gasteiger partial charge in [0.25, 0.3) is 0 Å². The van der Waals surface area contributed by atoms with Gasteiger partial charge in [-0.3, -0.25) is 0 Å². The molecule has 0 bridgehead atoms. The highest BCUT2D eigenvalue weighted by Gasteiger charge is 2.54. The summed E-state index contributed by atoms with van der Waals surface area (Å²) in [5, 5.41) is 28.2. The molecule has 0 aliphatic carbocycles. The van der Waals surface area contributed by atoms with Crippen LogP contribution in [0, 0.1) is 0 Å². The standard InChI is InChI=1S/C18H20N2O5S/c1-17(2)18(3,22)15(24-14-8-7-13(21)19-20-14)11-9-10(16(26)23-4)5-6-12(11)25-17/h5-9,15,22H,1-4H3,(H,19,21). The largest absolute Gasteiger partial charge is 0.492 e. The van der Waals surface area contributed by atoms with Crippen molar-refractivity contribution in [3.8, 4) is 17.5 Å². The predicted octanol–water partition coefficient (Wildman–Crippen LogP) is 2.55. The molecule has 0 radical (unpaired) electrons. The third-order valence-electron chi connectivity index (χ3n) is 4.67. The van der Waals surface area contributed by atoms with E-state index in [1.54, 1.807) is 39.0 Å². The summed E-state index contributed by atoms with van der Waals surface area (Å²) in [6.45, 7) is 5.20. The molecule has 1 aromatic heterocycles. The van der Waals surface area contributed by atoms with Crippen LogP contribution in [0.2, 0.25) is 0 Å². The SMILES string of the molecule is COC(=S)c1ccc2c(c1)C(Oc1ccc(O)nn1)C(C)(O)C(C)(C)O2. The maximum Gasteiger partial charge on any atom is 0.234 e. The Balaban J connectivity index is 2.09. The van der Waals surface area contributed by atoms with Gasteiger partial charge in [-0.05, 0) is 51.2 Å². The Labute approximate surface area is 156 Å². The quantitative estimate of drug-likeness (QED) is 0.790. The molecule has 1 aliphatic rings. The molecule has 2 unspecified atom stereocenters. The lowest BCUT2D eigenvalue weighted by atomic mass is 9.77. The van der Waals surface area contributed by atoms with Gasteiger partial charge < -0.3 is 24.4 Å². The van der Waals surface area contributed by atoms with E-state index >= 15 is 0 Å². The van der Waals surface area contributed by atoms with Gasteiger partial charge in [-0.2, -0.15) is 0 Å². The van der Waals surface area contributed by atoms with Gasteiger partial charge in [0.15, 0.2) is 11.2 Å². The van der Waals surface area contributed by atoms with Crippen LogP contribution >= 0.6 is 12.2 Å². The van der Waals surface area contributed by atoms with E-state index in [9.17, 15) is 10.2 Å². The average molecular weight is 376 g/mol. The molecule has 0 saturated carbocycles. The number of aromatic nitrogens is 2. The van der Waals surface area contributed by atoms with Crippen LogP contribution in [0.3, 0.4) is 0 Å². The lowest BCUT2D eigenvalue weighted by molar-refractivity contribution is -0.175. The van der Waals surface area contributed by atoms with Gasteiger partial charge in [0.05, 0.1) is 7.11 Å². The number of hydrogen-bond donors (Lipinski definition) is 2. The summed E-state index contributed by atoms with van der Waals surface area (Å²) in [6, 6.07) is 8.16. The van der Waals surface area contributed by atoms with E-state index in [4.69, 9.17) is 26.4 Å². The minimum absolute atomic E-state index is 0.163. The molecule has 26 heavy (non-hydrogen) atoms. The minimum atomic E-state index is -1.40. The fourth-order valence-electron chi connectivity index (χ4n) is 2.76. The third kappa shape index (κ3) is 3.06. The Bertz CT molecular complexity index is 836. The average Bonchev–Trinajstić information content (AvgIpc) is 2.59. The van der Waals surface area contributed by atoms with Crippen molar-refractivity contribution in [3.05, 3.63) is 41.5 Å². The number of hydrogen-bond acceptors (Lipinski definition) is 8. The van der Waals surface area contributed by atoms with Crippen molar-refractivity contribution in [2.45, 2.75) is 38.1 Å². The van der Waals surface area contributed by atoms with E-state index in [2.05, 4.69) is 10.2 Å². The molecule has 138 valence electrons. The number of methoxy groups -OCH3 is 1. The van der Waals surface area contributed by atoms with Crippen molar-refractivity contribution < 1.29 is 24.4 Å². The summed E-state index contributed by atoms with van der Waals surface area (Å²) >= 11 is 5.20. The molecule has 0 saturated heterocycles. The molecular formula is C18H20N2O5S. The molecule has 2 N–H and O–H groups in total. The molecule has 3 rings (SSSR count). The lowest BCUT2D eigenvalue weighted by Gasteiger charge is -2.48. The molecule has 2 aromatic rings. The summed E-state index contributed by atoms with van der Waals surface area (Å²) in [4.78, 5) is 0. The number of rotatable bonds is 3. The maximum absolute atomic E-state index is 11.2. The van der Waals surface area contributed by atoms with E-state index in [1.807, 2.05) is 0 Å². The second-order valence-corrected chi connectivity index (χ2v) is 7.10. The summed E-state index contributed by atoms with van der Waals surface area (Å²) in [5.74, 6) is 0.516. The molecule has 1 aliphatic heterocycles. The van der Waals surface area contributed by atoms with Crippen LogP contribution < -0.4 is 9.47 Å². The van der Waals surface area contributed by atoms with Gasteiger partial charge in [-0.15, -0.1) is 10.2 Å². The highest BCUT2D eigenvalue weighted by atomic mass is 32.1. The summed E-state index contributed by atoms with van der Waals surface area (Å²) in [5.41, 5.74) is -1.04. The van der Waals surface area contributed by atoms with Crippen molar-refractivity contribution in [1.82, 2.24) is 10.2 Å². The van der Waals surface area contributed by atoms with Crippen molar-refractivity contribution in [3.63, 3.8) is 0 Å². The zero-order chi connectivity index (χ0) is 19.1. The van der Waals surface area contributed by atoms with Crippen molar-refractivity contribution >= 4 is 17.3 Å². The van der Waals surface area contributed by atoms with Crippen molar-refractivity contribution in [2.75, 3.05) is 7.11 Å². The van der Waals surface area contributed by atoms with Crippen molar-refractivity contribution in [2.24, 2.45) is 0 Å². The zero-order valence-corrected chi connectivity index (χ0v) is 15.7. The molecule has 7 nitrogen and oxygen atoms in total. The number of fused-ring (bicyclic) bond motifs is 1. The minimum Gasteiger partial charge on any atom is -0.492 e. The second kappa shape index (κ2) is 6.37. The normalized spacial score (nSPS) is 23.5. The highest BCUT2D eigenvalue weighted by Crippen LogP contribution is 2.48. The number of ether oxygens (including phenoxy) is 3. The van der Waals surface area contributed by atoms with E-state index in [1.165, 1.54) is 19.2 Å². The zero-order valence-electron chi connectivity index (χ0n) is 14.9. The molecule has 8 heteroatoms. The second-order valence-electron chi connectivity index (χ2n) is 6.73. The maximum atomic E-state index is 11.2. The molecule has 2 heterocycles. The summed E-state index contributed by atoms with van der Waals surface area (Å²) in [7, 11) is 1.50. The van der Waals surface area contributed by atoms with Gasteiger partial charge >= 0.3 is 0 Å². The number of benzene rings is 1. The molecule has 0 amide bonds. The van der Waals surface area contributed by atoms with Gasteiger partial charge in [-0.1, -0.05) is 0 Å². The molecular weight excluding hydrogens is 356 g/mol. The van der Waals surface area contributed by atoms with Gasteiger partial charge in [0, 0.05) is 23.3 Å². The van der Waals surface area contributed by atoms with Crippen molar-refractivity contribution in [1.29, 1.82) is 0 Å². The Morgan fingerprint density at radius 1 is 1.19 bits per heavy atom. The van der Waals surface area contributed by atoms with Gasteiger partial charge in [0.1, 0.15) is 17.0 Å². The Kier molecular flexibility index (Phi) is 4.49. The first-order chi connectivity index (χ1) is 12.2. The highest BCUT2D eigenvalue weighted by molar-refractivity contribution is 7.80. The number of nitrogens with zero attached hydrogens (tertiary/aromatic N) is 2. The Morgan fingerprint density at radius 3 is 2.54 bits per heavy atom. The lowest BCUT2D eigenvalue weighted by Crippen LogP contribution is -2.59. The van der Waals surface area contributed by atoms with Crippen LogP contribution in [-0.2, 0) is 4.74 Å². The van der Waals surface area contributed by atoms with Gasteiger partial charge in [-0.25, -0.2) is 0 Å². The van der Waals surface area contributed by atoms with Crippen LogP contribution in [0.25, 0.3) is 0 Å². The predicted molar refractivity (Wildman–Crippen MR) is 97.5 cm³/mol. The number of aliphatic hydroxyl groups is 1. The number of thiocarbonyl (C=S) groups is 1. The summed E-state index contributed by atoms with van der Waals surface area (Å²) < 4.78 is 17.1. The Hall–Kier alpha value is -2.45. The first-order valence-corrected chi connectivity index (χ1v) is 8.39. The molecule has 0 spiro atoms. The van der Waals surface area contributed by atoms with Crippen LogP contribution in [0.15, 0.2) is 30.3 Å². The van der Waals surface area contributed by atoms with Crippen LogP contribution in [0.4, 0.5) is 0 Å². The van der Waals surface area contributed by atoms with Crippen LogP contribution in [0.1, 0.15) is 38.0 Å². The first kappa shape index (κ1) is 18.3. The summed E-state index contributed by atoms with van der Waals surface area (Å²) in [6.07, 6.45) is -0.806. The van der Waals surface area contributed by atoms with E-state index in [-0.39, 0.29) is 11.8 Å². The molecule has 1 aromatic carbocycles. The van der Waals surface area contributed by atoms with Crippen LogP contribution in [-0.4, -0.2) is 43.8 Å². The molecule has 0 fully saturated rings. The first-order valence-electron chi connectivity index (χ1n) is 7.99. The molecule has 2 atom stereocenters. The number of aromatic hydroxyl groups is 1. The smallest absolute Gasteiger partial charge is 0.234 e. The van der Waals surface area contributed by atoms with E-state index in [0.29, 0.717) is 21.9 Å². The van der Waals surface area contributed by atoms with Crippen LogP contribution in [0.5, 0.6) is 17.5 Å². The third-order valence-corrected chi connectivity index (χ3v) is 5.07. The Morgan fingerprint density at radius 2 is 1.92 bits per heavy atom. The monoisotopic (exact) mass is 376 g/mol.